The molecule has 1 aromatic heterocycles. The minimum Gasteiger partial charge on any atom is -0.340 e. The van der Waals surface area contributed by atoms with Crippen LogP contribution < -0.4 is 15.5 Å². The number of hydrogen-bond acceptors (Lipinski definition) is 8. The number of aromatic nitrogens is 2. The van der Waals surface area contributed by atoms with Crippen molar-refractivity contribution in [3.63, 3.8) is 0 Å². The number of nitrogens with one attached hydrogen (secondary N) is 2. The summed E-state index contributed by atoms with van der Waals surface area (Å²) in [6, 6.07) is 3.58. The molecular weight excluding hydrogens is 454 g/mol. The zero-order valence-electron chi connectivity index (χ0n) is 19.2. The van der Waals surface area contributed by atoms with Gasteiger partial charge in [0.05, 0.1) is 23.4 Å². The SMILES string of the molecule is Cn1ccnc1N1CCN(CC(=O)Nc2cccc3c2C(=O)N(C2CCC(=O)NC2=O)C3=O)CC1. The van der Waals surface area contributed by atoms with Gasteiger partial charge in [-0.1, -0.05) is 6.07 Å². The van der Waals surface area contributed by atoms with Gasteiger partial charge in [-0.3, -0.25) is 39.1 Å². The summed E-state index contributed by atoms with van der Waals surface area (Å²) in [4.78, 5) is 72.1. The molecule has 2 aromatic rings. The fourth-order valence-corrected chi connectivity index (χ4v) is 4.78. The van der Waals surface area contributed by atoms with Crippen molar-refractivity contribution in [3.8, 4) is 0 Å². The number of rotatable bonds is 5. The number of carbonyl (C=O) groups is 5. The highest BCUT2D eigenvalue weighted by atomic mass is 16.2. The summed E-state index contributed by atoms with van der Waals surface area (Å²) in [5.41, 5.74) is 0.420. The normalized spacial score (nSPS) is 20.8. The van der Waals surface area contributed by atoms with Crippen molar-refractivity contribution in [3.05, 3.63) is 41.7 Å². The van der Waals surface area contributed by atoms with Gasteiger partial charge >= 0.3 is 0 Å². The van der Waals surface area contributed by atoms with Crippen molar-refractivity contribution in [2.45, 2.75) is 18.9 Å². The lowest BCUT2D eigenvalue weighted by molar-refractivity contribution is -0.136. The molecule has 12 heteroatoms. The highest BCUT2D eigenvalue weighted by Gasteiger charge is 2.45. The van der Waals surface area contributed by atoms with E-state index in [1.807, 2.05) is 22.7 Å². The number of aryl methyl sites for hydroxylation is 1. The average Bonchev–Trinajstić information content (AvgIpc) is 3.36. The summed E-state index contributed by atoms with van der Waals surface area (Å²) >= 11 is 0. The number of imide groups is 2. The third-order valence-electron chi connectivity index (χ3n) is 6.56. The lowest BCUT2D eigenvalue weighted by Crippen LogP contribution is -2.54. The Hall–Kier alpha value is -4.06. The second-order valence-corrected chi connectivity index (χ2v) is 8.82. The fourth-order valence-electron chi connectivity index (χ4n) is 4.78. The molecular formula is C23H25N7O5. The number of carbonyl (C=O) groups excluding carboxylic acids is 5. The minimum absolute atomic E-state index is 0.0425. The smallest absolute Gasteiger partial charge is 0.264 e. The van der Waals surface area contributed by atoms with E-state index in [4.69, 9.17) is 0 Å². The predicted molar refractivity (Wildman–Crippen MR) is 124 cm³/mol. The summed E-state index contributed by atoms with van der Waals surface area (Å²) in [7, 11) is 1.94. The minimum atomic E-state index is -1.06. The molecule has 0 aliphatic carbocycles. The largest absolute Gasteiger partial charge is 0.340 e. The Kier molecular flexibility index (Phi) is 5.81. The lowest BCUT2D eigenvalue weighted by atomic mass is 10.0. The maximum Gasteiger partial charge on any atom is 0.264 e. The molecule has 12 nitrogen and oxygen atoms in total. The van der Waals surface area contributed by atoms with Gasteiger partial charge in [0.2, 0.25) is 23.7 Å². The van der Waals surface area contributed by atoms with E-state index >= 15 is 0 Å². The highest BCUT2D eigenvalue weighted by molar-refractivity contribution is 6.26. The number of amides is 5. The molecule has 3 aliphatic rings. The van der Waals surface area contributed by atoms with E-state index < -0.39 is 29.7 Å². The molecule has 182 valence electrons. The third-order valence-corrected chi connectivity index (χ3v) is 6.56. The van der Waals surface area contributed by atoms with Crippen LogP contribution in [-0.2, 0) is 21.4 Å². The van der Waals surface area contributed by atoms with Crippen LogP contribution in [0.2, 0.25) is 0 Å². The van der Waals surface area contributed by atoms with Gasteiger partial charge in [-0.25, -0.2) is 4.98 Å². The van der Waals surface area contributed by atoms with Crippen LogP contribution in [0.3, 0.4) is 0 Å². The summed E-state index contributed by atoms with van der Waals surface area (Å²) in [6.07, 6.45) is 3.75. The molecule has 2 N–H and O–H groups in total. The number of nitrogens with zero attached hydrogens (tertiary/aromatic N) is 5. The first-order valence-corrected chi connectivity index (χ1v) is 11.4. The van der Waals surface area contributed by atoms with Crippen LogP contribution in [0.4, 0.5) is 11.6 Å². The monoisotopic (exact) mass is 479 g/mol. The molecule has 4 heterocycles. The molecule has 1 atom stereocenters. The summed E-state index contributed by atoms with van der Waals surface area (Å²) < 4.78 is 1.95. The van der Waals surface area contributed by atoms with E-state index in [0.717, 1.165) is 23.9 Å². The lowest BCUT2D eigenvalue weighted by Gasteiger charge is -2.34. The standard InChI is InChI=1S/C23H25N7O5/c1-27-8-7-24-23(27)29-11-9-28(10-12-29)13-18(32)25-15-4-2-3-14-19(15)22(35)30(21(14)34)16-5-6-17(31)26-20(16)33/h2-4,7-8,16H,5-6,9-13H2,1H3,(H,25,32)(H,26,31,33). The van der Waals surface area contributed by atoms with E-state index in [0.29, 0.717) is 13.1 Å². The van der Waals surface area contributed by atoms with Crippen LogP contribution in [0.1, 0.15) is 33.6 Å². The van der Waals surface area contributed by atoms with Crippen LogP contribution >= 0.6 is 0 Å². The van der Waals surface area contributed by atoms with Gasteiger partial charge in [-0.15, -0.1) is 0 Å². The zero-order valence-corrected chi connectivity index (χ0v) is 19.2. The Morgan fingerprint density at radius 3 is 2.57 bits per heavy atom. The average molecular weight is 479 g/mol. The van der Waals surface area contributed by atoms with E-state index in [-0.39, 0.29) is 42.1 Å². The van der Waals surface area contributed by atoms with Gasteiger partial charge in [0.25, 0.3) is 11.8 Å². The summed E-state index contributed by atoms with van der Waals surface area (Å²) in [6.45, 7) is 2.94. The van der Waals surface area contributed by atoms with E-state index in [1.165, 1.54) is 6.07 Å². The van der Waals surface area contributed by atoms with Gasteiger partial charge in [0, 0.05) is 52.0 Å². The quantitative estimate of drug-likeness (QED) is 0.552. The van der Waals surface area contributed by atoms with Gasteiger partial charge in [-0.05, 0) is 18.6 Å². The molecule has 2 fully saturated rings. The number of piperidine rings is 1. The number of piperazine rings is 1. The van der Waals surface area contributed by atoms with Crippen molar-refractivity contribution in [1.82, 2.24) is 24.7 Å². The molecule has 0 radical (unpaired) electrons. The molecule has 0 saturated carbocycles. The molecule has 5 amide bonds. The summed E-state index contributed by atoms with van der Waals surface area (Å²) in [5, 5.41) is 4.94. The van der Waals surface area contributed by atoms with Crippen LogP contribution in [0.5, 0.6) is 0 Å². The van der Waals surface area contributed by atoms with Crippen molar-refractivity contribution >= 4 is 41.2 Å². The fraction of sp³-hybridized carbons (Fsp3) is 0.391. The van der Waals surface area contributed by atoms with Crippen molar-refractivity contribution < 1.29 is 24.0 Å². The van der Waals surface area contributed by atoms with Crippen LogP contribution in [0, 0.1) is 0 Å². The first kappa shape index (κ1) is 22.7. The molecule has 3 aliphatic heterocycles. The van der Waals surface area contributed by atoms with Crippen molar-refractivity contribution in [2.75, 3.05) is 42.9 Å². The van der Waals surface area contributed by atoms with Gasteiger partial charge < -0.3 is 14.8 Å². The molecule has 0 spiro atoms. The predicted octanol–water partition coefficient (Wildman–Crippen LogP) is -0.418. The second kappa shape index (κ2) is 8.95. The Morgan fingerprint density at radius 2 is 1.89 bits per heavy atom. The van der Waals surface area contributed by atoms with Gasteiger partial charge in [-0.2, -0.15) is 0 Å². The number of hydrogen-bond donors (Lipinski definition) is 2. The Labute approximate surface area is 200 Å². The molecule has 5 rings (SSSR count). The molecule has 1 aromatic carbocycles. The van der Waals surface area contributed by atoms with Crippen molar-refractivity contribution in [2.24, 2.45) is 7.05 Å². The number of fused-ring (bicyclic) bond motifs is 1. The number of benzene rings is 1. The molecule has 2 saturated heterocycles. The molecule has 1 unspecified atom stereocenters. The number of anilines is 2. The molecule has 0 bridgehead atoms. The van der Waals surface area contributed by atoms with Crippen LogP contribution in [0.15, 0.2) is 30.6 Å². The maximum absolute atomic E-state index is 13.2. The summed E-state index contributed by atoms with van der Waals surface area (Å²) in [5.74, 6) is -1.79. The van der Waals surface area contributed by atoms with E-state index in [2.05, 4.69) is 20.5 Å². The van der Waals surface area contributed by atoms with E-state index in [9.17, 15) is 24.0 Å². The third kappa shape index (κ3) is 4.16. The van der Waals surface area contributed by atoms with E-state index in [1.54, 1.807) is 18.3 Å². The number of imidazole rings is 1. The van der Waals surface area contributed by atoms with Gasteiger partial charge in [0.1, 0.15) is 6.04 Å². The molecule has 35 heavy (non-hydrogen) atoms. The Morgan fingerprint density at radius 1 is 1.11 bits per heavy atom. The first-order valence-electron chi connectivity index (χ1n) is 11.4. The maximum atomic E-state index is 13.2. The van der Waals surface area contributed by atoms with Crippen molar-refractivity contribution in [1.29, 1.82) is 0 Å². The van der Waals surface area contributed by atoms with Gasteiger partial charge in [0.15, 0.2) is 0 Å². The Bertz CT molecular complexity index is 1230. The van der Waals surface area contributed by atoms with Crippen LogP contribution in [0.25, 0.3) is 0 Å². The topological polar surface area (TPSA) is 137 Å². The highest BCUT2D eigenvalue weighted by Crippen LogP contribution is 2.32. The Balaban J connectivity index is 1.24. The zero-order chi connectivity index (χ0) is 24.7. The van der Waals surface area contributed by atoms with Crippen LogP contribution in [-0.4, -0.2) is 87.7 Å². The second-order valence-electron chi connectivity index (χ2n) is 8.82. The first-order chi connectivity index (χ1) is 16.8.